The lowest BCUT2D eigenvalue weighted by atomic mass is 10.0. The molecule has 2 saturated heterocycles. The minimum atomic E-state index is -0.0671. The van der Waals surface area contributed by atoms with Gasteiger partial charge in [-0.2, -0.15) is 5.10 Å². The van der Waals surface area contributed by atoms with E-state index in [4.69, 9.17) is 0 Å². The van der Waals surface area contributed by atoms with Crippen LogP contribution in [0.15, 0.2) is 36.9 Å². The van der Waals surface area contributed by atoms with Crippen molar-refractivity contribution in [2.24, 2.45) is 11.8 Å². The Bertz CT molecular complexity index is 727. The number of rotatable bonds is 2. The molecule has 1 aromatic heterocycles. The molecule has 22 heavy (non-hydrogen) atoms. The van der Waals surface area contributed by atoms with Gasteiger partial charge in [0.15, 0.2) is 0 Å². The summed E-state index contributed by atoms with van der Waals surface area (Å²) in [6.07, 6.45) is 3.00. The van der Waals surface area contributed by atoms with E-state index in [0.717, 1.165) is 0 Å². The number of fused-ring (bicyclic) bond motifs is 1. The molecular weight excluding hydrogens is 282 g/mol. The van der Waals surface area contributed by atoms with Gasteiger partial charge in [-0.05, 0) is 12.1 Å². The van der Waals surface area contributed by atoms with Gasteiger partial charge in [0.25, 0.3) is 5.91 Å². The van der Waals surface area contributed by atoms with Crippen LogP contribution in [-0.2, 0) is 4.79 Å². The Kier molecular flexibility index (Phi) is 2.92. The molecule has 0 bridgehead atoms. The van der Waals surface area contributed by atoms with Crippen LogP contribution in [0.3, 0.4) is 0 Å². The minimum Gasteiger partial charge on any atom is -0.355 e. The van der Waals surface area contributed by atoms with Gasteiger partial charge in [-0.3, -0.25) is 9.59 Å². The van der Waals surface area contributed by atoms with Gasteiger partial charge in [0.2, 0.25) is 5.91 Å². The normalized spacial score (nSPS) is 23.5. The van der Waals surface area contributed by atoms with E-state index < -0.39 is 0 Å². The third-order valence-corrected chi connectivity index (χ3v) is 4.40. The van der Waals surface area contributed by atoms with Gasteiger partial charge in [-0.25, -0.2) is 9.67 Å². The maximum absolute atomic E-state index is 12.8. The molecule has 0 unspecified atom stereocenters. The second-order valence-electron chi connectivity index (χ2n) is 5.68. The van der Waals surface area contributed by atoms with Crippen molar-refractivity contribution in [3.05, 3.63) is 42.5 Å². The van der Waals surface area contributed by atoms with E-state index in [2.05, 4.69) is 15.4 Å². The van der Waals surface area contributed by atoms with E-state index in [0.29, 0.717) is 30.9 Å². The van der Waals surface area contributed by atoms with Crippen LogP contribution in [0.5, 0.6) is 0 Å². The molecule has 2 atom stereocenters. The number of hydrogen-bond donors (Lipinski definition) is 1. The van der Waals surface area contributed by atoms with E-state index in [1.165, 1.54) is 6.33 Å². The third kappa shape index (κ3) is 1.97. The molecule has 2 aliphatic heterocycles. The second-order valence-corrected chi connectivity index (χ2v) is 5.68. The fourth-order valence-electron chi connectivity index (χ4n) is 3.26. The maximum Gasteiger partial charge on any atom is 0.256 e. The average molecular weight is 297 g/mol. The van der Waals surface area contributed by atoms with Crippen LogP contribution in [-0.4, -0.2) is 51.1 Å². The van der Waals surface area contributed by atoms with E-state index in [9.17, 15) is 9.59 Å². The Morgan fingerprint density at radius 2 is 2.14 bits per heavy atom. The topological polar surface area (TPSA) is 80.1 Å². The first-order valence-corrected chi connectivity index (χ1v) is 7.25. The van der Waals surface area contributed by atoms with E-state index in [-0.39, 0.29) is 23.7 Å². The number of hydrogen-bond acceptors (Lipinski definition) is 4. The van der Waals surface area contributed by atoms with Crippen LogP contribution in [0, 0.1) is 11.8 Å². The number of carbonyl (C=O) groups excluding carboxylic acids is 2. The predicted molar refractivity (Wildman–Crippen MR) is 77.3 cm³/mol. The van der Waals surface area contributed by atoms with Crippen molar-refractivity contribution in [3.63, 3.8) is 0 Å². The molecule has 1 N–H and O–H groups in total. The summed E-state index contributed by atoms with van der Waals surface area (Å²) in [5.74, 6) is 0.163. The van der Waals surface area contributed by atoms with Gasteiger partial charge in [-0.15, -0.1) is 0 Å². The highest BCUT2D eigenvalue weighted by atomic mass is 16.2. The molecule has 0 radical (unpaired) electrons. The van der Waals surface area contributed by atoms with Crippen molar-refractivity contribution in [3.8, 4) is 5.69 Å². The largest absolute Gasteiger partial charge is 0.355 e. The Morgan fingerprint density at radius 3 is 2.91 bits per heavy atom. The van der Waals surface area contributed by atoms with Gasteiger partial charge >= 0.3 is 0 Å². The molecule has 0 spiro atoms. The van der Waals surface area contributed by atoms with Crippen LogP contribution in [0.25, 0.3) is 5.69 Å². The molecule has 2 aliphatic rings. The first-order chi connectivity index (χ1) is 10.7. The fourth-order valence-corrected chi connectivity index (χ4v) is 3.26. The Hall–Kier alpha value is -2.70. The summed E-state index contributed by atoms with van der Waals surface area (Å²) in [5, 5.41) is 6.95. The molecule has 7 heteroatoms. The predicted octanol–water partition coefficient (Wildman–Crippen LogP) is 0.0853. The van der Waals surface area contributed by atoms with Gasteiger partial charge in [-0.1, -0.05) is 12.1 Å². The van der Waals surface area contributed by atoms with Gasteiger partial charge < -0.3 is 10.2 Å². The minimum absolute atomic E-state index is 0.0601. The summed E-state index contributed by atoms with van der Waals surface area (Å²) < 4.78 is 1.58. The quantitative estimate of drug-likeness (QED) is 0.851. The average Bonchev–Trinajstić information content (AvgIpc) is 3.25. The van der Waals surface area contributed by atoms with Crippen LogP contribution < -0.4 is 5.32 Å². The van der Waals surface area contributed by atoms with Crippen molar-refractivity contribution in [1.29, 1.82) is 0 Å². The highest BCUT2D eigenvalue weighted by Gasteiger charge is 2.43. The lowest BCUT2D eigenvalue weighted by Crippen LogP contribution is -2.34. The number of likely N-dealkylation sites (tertiary alicyclic amines) is 1. The summed E-state index contributed by atoms with van der Waals surface area (Å²) >= 11 is 0. The Morgan fingerprint density at radius 1 is 1.27 bits per heavy atom. The number of nitrogens with zero attached hydrogens (tertiary/aromatic N) is 4. The molecule has 2 fully saturated rings. The van der Waals surface area contributed by atoms with E-state index >= 15 is 0 Å². The summed E-state index contributed by atoms with van der Waals surface area (Å²) in [5.41, 5.74) is 1.28. The molecule has 2 aromatic rings. The van der Waals surface area contributed by atoms with Crippen molar-refractivity contribution in [1.82, 2.24) is 25.0 Å². The van der Waals surface area contributed by atoms with Crippen LogP contribution in [0.4, 0.5) is 0 Å². The molecule has 3 heterocycles. The zero-order valence-electron chi connectivity index (χ0n) is 11.8. The van der Waals surface area contributed by atoms with Crippen molar-refractivity contribution in [2.45, 2.75) is 0 Å². The van der Waals surface area contributed by atoms with E-state index in [1.807, 2.05) is 18.2 Å². The summed E-state index contributed by atoms with van der Waals surface area (Å²) in [6.45, 7) is 1.77. The van der Waals surface area contributed by atoms with Crippen LogP contribution >= 0.6 is 0 Å². The maximum atomic E-state index is 12.8. The molecular formula is C15H15N5O2. The van der Waals surface area contributed by atoms with E-state index in [1.54, 1.807) is 22.0 Å². The van der Waals surface area contributed by atoms with Gasteiger partial charge in [0.05, 0.1) is 17.2 Å². The van der Waals surface area contributed by atoms with Crippen LogP contribution in [0.2, 0.25) is 0 Å². The SMILES string of the molecule is O=C1NC[C@H]2CN(C(=O)c3ccccc3-n3cncn3)C[C@@H]12. The first kappa shape index (κ1) is 13.0. The number of amides is 2. The van der Waals surface area contributed by atoms with Crippen molar-refractivity contribution < 1.29 is 9.59 Å². The standard InChI is InChI=1S/C15H15N5O2/c21-14-12-7-19(6-10(12)5-17-14)15(22)11-3-1-2-4-13(11)20-9-16-8-18-20/h1-4,8-10,12H,5-7H2,(H,17,21)/t10-,12+/m0/s1. The number of aromatic nitrogens is 3. The zero-order valence-corrected chi connectivity index (χ0v) is 11.8. The lowest BCUT2D eigenvalue weighted by molar-refractivity contribution is -0.122. The first-order valence-electron chi connectivity index (χ1n) is 7.25. The Balaban J connectivity index is 1.63. The van der Waals surface area contributed by atoms with Gasteiger partial charge in [0, 0.05) is 25.6 Å². The highest BCUT2D eigenvalue weighted by molar-refractivity contribution is 5.98. The number of carbonyl (C=O) groups is 2. The fraction of sp³-hybridized carbons (Fsp3) is 0.333. The van der Waals surface area contributed by atoms with Crippen molar-refractivity contribution >= 4 is 11.8 Å². The Labute approximate surface area is 126 Å². The third-order valence-electron chi connectivity index (χ3n) is 4.40. The summed E-state index contributed by atoms with van der Waals surface area (Å²) in [4.78, 5) is 30.3. The molecule has 1 aromatic carbocycles. The molecule has 0 aliphatic carbocycles. The van der Waals surface area contributed by atoms with Gasteiger partial charge in [0.1, 0.15) is 12.7 Å². The molecule has 4 rings (SSSR count). The smallest absolute Gasteiger partial charge is 0.256 e. The summed E-state index contributed by atoms with van der Waals surface area (Å²) in [7, 11) is 0. The highest BCUT2D eigenvalue weighted by Crippen LogP contribution is 2.29. The zero-order chi connectivity index (χ0) is 15.1. The molecule has 0 saturated carbocycles. The second kappa shape index (κ2) is 4.94. The molecule has 7 nitrogen and oxygen atoms in total. The van der Waals surface area contributed by atoms with Crippen LogP contribution in [0.1, 0.15) is 10.4 Å². The summed E-state index contributed by atoms with van der Waals surface area (Å²) in [6, 6.07) is 7.32. The number of para-hydroxylation sites is 1. The lowest BCUT2D eigenvalue weighted by Gasteiger charge is -2.19. The number of benzene rings is 1. The molecule has 2 amide bonds. The molecule has 112 valence electrons. The van der Waals surface area contributed by atoms with Crippen molar-refractivity contribution in [2.75, 3.05) is 19.6 Å². The number of nitrogens with one attached hydrogen (secondary N) is 1. The monoisotopic (exact) mass is 297 g/mol.